The Kier molecular flexibility index (Phi) is 7.16. The summed E-state index contributed by atoms with van der Waals surface area (Å²) in [6.45, 7) is 6.00. The Morgan fingerprint density at radius 3 is 2.00 bits per heavy atom. The summed E-state index contributed by atoms with van der Waals surface area (Å²) in [7, 11) is 0. The molecule has 2 aromatic carbocycles. The molecule has 4 atom stereocenters. The van der Waals surface area contributed by atoms with Gasteiger partial charge < -0.3 is 18.9 Å². The lowest BCUT2D eigenvalue weighted by Crippen LogP contribution is -2.54. The van der Waals surface area contributed by atoms with Crippen molar-refractivity contribution in [2.75, 3.05) is 13.2 Å². The first-order chi connectivity index (χ1) is 14.1. The highest BCUT2D eigenvalue weighted by Gasteiger charge is 2.44. The van der Waals surface area contributed by atoms with Crippen LogP contribution in [0.3, 0.4) is 0 Å². The van der Waals surface area contributed by atoms with Crippen molar-refractivity contribution in [3.63, 3.8) is 0 Å². The predicted molar refractivity (Wildman–Crippen MR) is 106 cm³/mol. The molecule has 0 aromatic heterocycles. The fraction of sp³-hybridized carbons (Fsp3) is 0.304. The molecule has 0 amide bonds. The van der Waals surface area contributed by atoms with E-state index < -0.39 is 30.4 Å². The first-order valence-corrected chi connectivity index (χ1v) is 9.46. The number of carbonyl (C=O) groups is 2. The molecule has 152 valence electrons. The second-order valence-electron chi connectivity index (χ2n) is 6.77. The van der Waals surface area contributed by atoms with Crippen molar-refractivity contribution in [1.29, 1.82) is 0 Å². The van der Waals surface area contributed by atoms with Gasteiger partial charge in [-0.3, -0.25) is 0 Å². The number of carbonyl (C=O) groups excluding carboxylic acids is 2. The number of hydrogen-bond acceptors (Lipinski definition) is 6. The van der Waals surface area contributed by atoms with E-state index in [1.165, 1.54) is 0 Å². The maximum absolute atomic E-state index is 12.6. The Morgan fingerprint density at radius 1 is 0.966 bits per heavy atom. The zero-order valence-corrected chi connectivity index (χ0v) is 16.2. The normalized spacial score (nSPS) is 23.8. The third-order valence-corrected chi connectivity index (χ3v) is 4.56. The maximum atomic E-state index is 12.6. The lowest BCUT2D eigenvalue weighted by molar-refractivity contribution is -0.252. The van der Waals surface area contributed by atoms with Gasteiger partial charge in [-0.1, -0.05) is 49.4 Å². The van der Waals surface area contributed by atoms with Crippen LogP contribution in [0, 0.1) is 5.92 Å². The molecule has 0 bridgehead atoms. The Morgan fingerprint density at radius 2 is 1.48 bits per heavy atom. The third kappa shape index (κ3) is 5.31. The van der Waals surface area contributed by atoms with Crippen LogP contribution in [-0.4, -0.2) is 43.7 Å². The summed E-state index contributed by atoms with van der Waals surface area (Å²) >= 11 is 0. The van der Waals surface area contributed by atoms with Crippen LogP contribution in [0.15, 0.2) is 73.3 Å². The number of ether oxygens (including phenoxy) is 4. The fourth-order valence-corrected chi connectivity index (χ4v) is 3.06. The number of rotatable bonds is 7. The highest BCUT2D eigenvalue weighted by Crippen LogP contribution is 2.28. The number of hydrogen-bond donors (Lipinski definition) is 0. The molecule has 0 saturated carbocycles. The van der Waals surface area contributed by atoms with E-state index in [-0.39, 0.29) is 12.5 Å². The summed E-state index contributed by atoms with van der Waals surface area (Å²) < 4.78 is 22.8. The molecule has 6 heteroatoms. The summed E-state index contributed by atoms with van der Waals surface area (Å²) in [4.78, 5) is 25.3. The minimum absolute atomic E-state index is 0.195. The average molecular weight is 396 g/mol. The molecule has 1 saturated heterocycles. The Hall–Kier alpha value is -2.96. The van der Waals surface area contributed by atoms with Gasteiger partial charge in [0.05, 0.1) is 24.3 Å². The Bertz CT molecular complexity index is 820. The van der Waals surface area contributed by atoms with E-state index in [2.05, 4.69) is 6.58 Å². The van der Waals surface area contributed by atoms with Gasteiger partial charge in [-0.05, 0) is 24.3 Å². The van der Waals surface area contributed by atoms with E-state index in [0.29, 0.717) is 17.7 Å². The van der Waals surface area contributed by atoms with Crippen LogP contribution < -0.4 is 0 Å². The van der Waals surface area contributed by atoms with Gasteiger partial charge in [0, 0.05) is 5.92 Å². The summed E-state index contributed by atoms with van der Waals surface area (Å²) in [5.41, 5.74) is 0.809. The van der Waals surface area contributed by atoms with E-state index >= 15 is 0 Å². The average Bonchev–Trinajstić information content (AvgIpc) is 2.76. The van der Waals surface area contributed by atoms with Crippen molar-refractivity contribution in [3.8, 4) is 0 Å². The molecule has 29 heavy (non-hydrogen) atoms. The van der Waals surface area contributed by atoms with E-state index in [0.717, 1.165) is 0 Å². The van der Waals surface area contributed by atoms with Crippen molar-refractivity contribution in [1.82, 2.24) is 0 Å². The number of benzene rings is 2. The Balaban J connectivity index is 1.81. The van der Waals surface area contributed by atoms with Gasteiger partial charge in [-0.25, -0.2) is 9.59 Å². The topological polar surface area (TPSA) is 71.1 Å². The highest BCUT2D eigenvalue weighted by molar-refractivity contribution is 5.90. The smallest absolute Gasteiger partial charge is 0.338 e. The van der Waals surface area contributed by atoms with E-state index in [1.54, 1.807) is 54.6 Å². The van der Waals surface area contributed by atoms with Crippen LogP contribution in [0.4, 0.5) is 0 Å². The molecule has 6 nitrogen and oxygen atoms in total. The fourth-order valence-electron chi connectivity index (χ4n) is 3.06. The van der Waals surface area contributed by atoms with Crippen LogP contribution in [0.1, 0.15) is 27.6 Å². The SMILES string of the molecule is C=CCO[C@@H]1OC[C@H](C)[C@@H](OC(=O)c2ccccc2)C1OC(=O)c1ccccc1. The quantitative estimate of drug-likeness (QED) is 0.526. The zero-order chi connectivity index (χ0) is 20.6. The molecule has 1 fully saturated rings. The Labute approximate surface area is 170 Å². The highest BCUT2D eigenvalue weighted by atomic mass is 16.7. The molecule has 1 aliphatic rings. The van der Waals surface area contributed by atoms with Gasteiger partial charge in [0.25, 0.3) is 0 Å². The lowest BCUT2D eigenvalue weighted by Gasteiger charge is -2.39. The molecule has 0 spiro atoms. The summed E-state index contributed by atoms with van der Waals surface area (Å²) in [6, 6.07) is 17.3. The molecule has 3 rings (SSSR count). The second-order valence-corrected chi connectivity index (χ2v) is 6.77. The molecule has 1 unspecified atom stereocenters. The van der Waals surface area contributed by atoms with Crippen molar-refractivity contribution in [3.05, 3.63) is 84.4 Å². The molecule has 1 aliphatic heterocycles. The van der Waals surface area contributed by atoms with Crippen molar-refractivity contribution in [2.45, 2.75) is 25.4 Å². The largest absolute Gasteiger partial charge is 0.454 e. The standard InChI is InChI=1S/C23H24O6/c1-3-14-26-23-20(29-22(25)18-12-8-5-9-13-18)19(16(2)15-27-23)28-21(24)17-10-6-4-7-11-17/h3-13,16,19-20,23H,1,14-15H2,2H3/t16-,19+,20?,23+/m0/s1. The first-order valence-electron chi connectivity index (χ1n) is 9.46. The predicted octanol–water partition coefficient (Wildman–Crippen LogP) is 3.63. The van der Waals surface area contributed by atoms with Crippen LogP contribution in [0.5, 0.6) is 0 Å². The zero-order valence-electron chi connectivity index (χ0n) is 16.2. The molecule has 0 radical (unpaired) electrons. The van der Waals surface area contributed by atoms with Gasteiger partial charge >= 0.3 is 11.9 Å². The van der Waals surface area contributed by atoms with Crippen LogP contribution >= 0.6 is 0 Å². The molecule has 1 heterocycles. The molecular formula is C23H24O6. The lowest BCUT2D eigenvalue weighted by atomic mass is 9.96. The first kappa shape index (κ1) is 20.8. The van der Waals surface area contributed by atoms with Crippen LogP contribution in [-0.2, 0) is 18.9 Å². The summed E-state index contributed by atoms with van der Waals surface area (Å²) in [5.74, 6) is -1.23. The van der Waals surface area contributed by atoms with Gasteiger partial charge in [-0.2, -0.15) is 0 Å². The van der Waals surface area contributed by atoms with E-state index in [9.17, 15) is 9.59 Å². The van der Waals surface area contributed by atoms with Gasteiger partial charge in [0.2, 0.25) is 0 Å². The molecule has 2 aromatic rings. The van der Waals surface area contributed by atoms with Gasteiger partial charge in [0.1, 0.15) is 6.10 Å². The van der Waals surface area contributed by atoms with Crippen molar-refractivity contribution < 1.29 is 28.5 Å². The van der Waals surface area contributed by atoms with Crippen LogP contribution in [0.25, 0.3) is 0 Å². The molecular weight excluding hydrogens is 372 g/mol. The summed E-state index contributed by atoms with van der Waals surface area (Å²) in [5, 5.41) is 0. The van der Waals surface area contributed by atoms with E-state index in [4.69, 9.17) is 18.9 Å². The molecule has 0 aliphatic carbocycles. The van der Waals surface area contributed by atoms with Crippen molar-refractivity contribution >= 4 is 11.9 Å². The minimum Gasteiger partial charge on any atom is -0.454 e. The molecule has 0 N–H and O–H groups in total. The monoisotopic (exact) mass is 396 g/mol. The number of esters is 2. The second kappa shape index (κ2) is 10.0. The van der Waals surface area contributed by atoms with Crippen molar-refractivity contribution in [2.24, 2.45) is 5.92 Å². The van der Waals surface area contributed by atoms with E-state index in [1.807, 2.05) is 19.1 Å². The van der Waals surface area contributed by atoms with Crippen LogP contribution in [0.2, 0.25) is 0 Å². The third-order valence-electron chi connectivity index (χ3n) is 4.56. The van der Waals surface area contributed by atoms with Gasteiger partial charge in [-0.15, -0.1) is 6.58 Å². The minimum atomic E-state index is -0.918. The maximum Gasteiger partial charge on any atom is 0.338 e. The summed E-state index contributed by atoms with van der Waals surface area (Å²) in [6.07, 6.45) is -0.939. The van der Waals surface area contributed by atoms with Gasteiger partial charge in [0.15, 0.2) is 12.4 Å².